The van der Waals surface area contributed by atoms with E-state index >= 15 is 0 Å². The minimum atomic E-state index is -0.546. The molecule has 7 heteroatoms. The second-order valence-corrected chi connectivity index (χ2v) is 5.77. The summed E-state index contributed by atoms with van der Waals surface area (Å²) in [5, 5.41) is 2.59. The Bertz CT molecular complexity index is 740. The van der Waals surface area contributed by atoms with Crippen LogP contribution in [0.2, 0.25) is 5.02 Å². The van der Waals surface area contributed by atoms with Crippen LogP contribution in [0.1, 0.15) is 17.3 Å². The van der Waals surface area contributed by atoms with Gasteiger partial charge in [0.1, 0.15) is 5.82 Å². The van der Waals surface area contributed by atoms with Gasteiger partial charge in [-0.15, -0.1) is 0 Å². The summed E-state index contributed by atoms with van der Waals surface area (Å²) in [6.07, 6.45) is 0. The average Bonchev–Trinajstić information content (AvgIpc) is 2.52. The Labute approximate surface area is 146 Å². The lowest BCUT2D eigenvalue weighted by Gasteiger charge is -2.13. The zero-order valence-corrected chi connectivity index (χ0v) is 14.8. The second kappa shape index (κ2) is 7.66. The number of halogens is 3. The quantitative estimate of drug-likeness (QED) is 0.774. The van der Waals surface area contributed by atoms with Gasteiger partial charge in [0.2, 0.25) is 0 Å². The van der Waals surface area contributed by atoms with Gasteiger partial charge in [-0.05, 0) is 53.2 Å². The minimum absolute atomic E-state index is 0.0618. The third-order valence-electron chi connectivity index (χ3n) is 2.96. The topological polar surface area (TPSA) is 47.6 Å². The van der Waals surface area contributed by atoms with Crippen LogP contribution in [0, 0.1) is 5.82 Å². The van der Waals surface area contributed by atoms with Gasteiger partial charge in [0, 0.05) is 11.3 Å². The van der Waals surface area contributed by atoms with Gasteiger partial charge in [-0.3, -0.25) is 4.79 Å². The standard InChI is InChI=1S/C16H14BrClFNO3/c1-3-23-15-11(17)6-9(7-14(15)22-2)16(21)20-10-4-5-13(19)12(18)8-10/h4-8H,3H2,1-2H3,(H,20,21). The number of carbonyl (C=O) groups excluding carboxylic acids is 1. The molecule has 0 radical (unpaired) electrons. The summed E-state index contributed by atoms with van der Waals surface area (Å²) in [6, 6.07) is 7.15. The summed E-state index contributed by atoms with van der Waals surface area (Å²) in [4.78, 5) is 12.3. The van der Waals surface area contributed by atoms with Gasteiger partial charge in [-0.2, -0.15) is 0 Å². The molecule has 2 aromatic carbocycles. The molecule has 1 N–H and O–H groups in total. The molecule has 0 aliphatic heterocycles. The monoisotopic (exact) mass is 401 g/mol. The fraction of sp³-hybridized carbons (Fsp3) is 0.188. The van der Waals surface area contributed by atoms with Crippen LogP contribution >= 0.6 is 27.5 Å². The van der Waals surface area contributed by atoms with Crippen LogP contribution in [0.15, 0.2) is 34.8 Å². The maximum absolute atomic E-state index is 13.1. The molecule has 1 amide bonds. The van der Waals surface area contributed by atoms with Gasteiger partial charge in [0.25, 0.3) is 5.91 Å². The fourth-order valence-corrected chi connectivity index (χ4v) is 2.65. The molecule has 0 fully saturated rings. The number of nitrogens with one attached hydrogen (secondary N) is 1. The number of hydrogen-bond acceptors (Lipinski definition) is 3. The van der Waals surface area contributed by atoms with Crippen molar-refractivity contribution in [1.29, 1.82) is 0 Å². The summed E-state index contributed by atoms with van der Waals surface area (Å²) in [7, 11) is 1.49. The maximum atomic E-state index is 13.1. The van der Waals surface area contributed by atoms with Crippen LogP contribution < -0.4 is 14.8 Å². The van der Waals surface area contributed by atoms with Crippen molar-refractivity contribution in [2.75, 3.05) is 19.0 Å². The Kier molecular flexibility index (Phi) is 5.85. The van der Waals surface area contributed by atoms with E-state index in [9.17, 15) is 9.18 Å². The molecule has 122 valence electrons. The van der Waals surface area contributed by atoms with Gasteiger partial charge in [-0.1, -0.05) is 11.6 Å². The van der Waals surface area contributed by atoms with E-state index in [1.807, 2.05) is 6.92 Å². The first-order chi connectivity index (χ1) is 11.0. The molecule has 0 heterocycles. The van der Waals surface area contributed by atoms with Crippen LogP contribution in [0.3, 0.4) is 0 Å². The molecule has 23 heavy (non-hydrogen) atoms. The van der Waals surface area contributed by atoms with Crippen LogP contribution in [-0.4, -0.2) is 19.6 Å². The number of amides is 1. The summed E-state index contributed by atoms with van der Waals surface area (Å²) in [5.74, 6) is 0.0322. The third kappa shape index (κ3) is 4.14. The zero-order valence-electron chi connectivity index (χ0n) is 12.5. The number of methoxy groups -OCH3 is 1. The predicted molar refractivity (Wildman–Crippen MR) is 91.2 cm³/mol. The number of rotatable bonds is 5. The van der Waals surface area contributed by atoms with E-state index in [0.717, 1.165) is 0 Å². The van der Waals surface area contributed by atoms with Crippen molar-refractivity contribution in [2.45, 2.75) is 6.92 Å². The number of anilines is 1. The first-order valence-corrected chi connectivity index (χ1v) is 7.90. The Morgan fingerprint density at radius 2 is 2.09 bits per heavy atom. The van der Waals surface area contributed by atoms with Gasteiger partial charge in [-0.25, -0.2) is 4.39 Å². The molecule has 0 saturated heterocycles. The molecule has 4 nitrogen and oxygen atoms in total. The van der Waals surface area contributed by atoms with Crippen molar-refractivity contribution in [3.05, 3.63) is 51.2 Å². The van der Waals surface area contributed by atoms with Crippen molar-refractivity contribution in [3.63, 3.8) is 0 Å². The average molecular weight is 403 g/mol. The minimum Gasteiger partial charge on any atom is -0.493 e. The van der Waals surface area contributed by atoms with Crippen molar-refractivity contribution < 1.29 is 18.7 Å². The first kappa shape index (κ1) is 17.6. The van der Waals surface area contributed by atoms with Gasteiger partial charge >= 0.3 is 0 Å². The normalized spacial score (nSPS) is 10.3. The Balaban J connectivity index is 2.28. The number of ether oxygens (including phenoxy) is 2. The fourth-order valence-electron chi connectivity index (χ4n) is 1.91. The first-order valence-electron chi connectivity index (χ1n) is 6.73. The third-order valence-corrected chi connectivity index (χ3v) is 3.84. The summed E-state index contributed by atoms with van der Waals surface area (Å²) >= 11 is 9.06. The van der Waals surface area contributed by atoms with Crippen molar-refractivity contribution in [3.8, 4) is 11.5 Å². The SMILES string of the molecule is CCOc1c(Br)cc(C(=O)Nc2ccc(F)c(Cl)c2)cc1OC. The Hall–Kier alpha value is -1.79. The van der Waals surface area contributed by atoms with E-state index in [-0.39, 0.29) is 10.9 Å². The van der Waals surface area contributed by atoms with E-state index in [0.29, 0.717) is 33.8 Å². The molecule has 0 aromatic heterocycles. The molecule has 2 aromatic rings. The lowest BCUT2D eigenvalue weighted by Crippen LogP contribution is -2.12. The molecule has 0 saturated carbocycles. The lowest BCUT2D eigenvalue weighted by molar-refractivity contribution is 0.102. The van der Waals surface area contributed by atoms with Gasteiger partial charge in [0.05, 0.1) is 23.2 Å². The highest BCUT2D eigenvalue weighted by Gasteiger charge is 2.16. The maximum Gasteiger partial charge on any atom is 0.255 e. The molecule has 0 unspecified atom stereocenters. The molecule has 0 spiro atoms. The highest BCUT2D eigenvalue weighted by atomic mass is 79.9. The molecule has 0 bridgehead atoms. The Morgan fingerprint density at radius 3 is 2.70 bits per heavy atom. The van der Waals surface area contributed by atoms with Crippen molar-refractivity contribution in [1.82, 2.24) is 0 Å². The number of carbonyl (C=O) groups is 1. The van der Waals surface area contributed by atoms with Gasteiger partial charge < -0.3 is 14.8 Å². The zero-order chi connectivity index (χ0) is 17.0. The largest absolute Gasteiger partial charge is 0.493 e. The van der Waals surface area contributed by atoms with Crippen LogP contribution in [0.5, 0.6) is 11.5 Å². The lowest BCUT2D eigenvalue weighted by atomic mass is 10.1. The second-order valence-electron chi connectivity index (χ2n) is 4.51. The summed E-state index contributed by atoms with van der Waals surface area (Å²) in [5.41, 5.74) is 0.753. The van der Waals surface area contributed by atoms with Crippen LogP contribution in [0.4, 0.5) is 10.1 Å². The predicted octanol–water partition coefficient (Wildman–Crippen LogP) is 4.90. The molecular weight excluding hydrogens is 389 g/mol. The highest BCUT2D eigenvalue weighted by molar-refractivity contribution is 9.10. The van der Waals surface area contributed by atoms with E-state index in [2.05, 4.69) is 21.2 Å². The van der Waals surface area contributed by atoms with Crippen molar-refractivity contribution >= 4 is 39.1 Å². The molecule has 0 aliphatic carbocycles. The summed E-state index contributed by atoms with van der Waals surface area (Å²) in [6.45, 7) is 2.32. The number of hydrogen-bond donors (Lipinski definition) is 1. The van der Waals surface area contributed by atoms with Crippen LogP contribution in [-0.2, 0) is 0 Å². The molecule has 0 aliphatic rings. The molecule has 0 atom stereocenters. The molecular formula is C16H14BrClFNO3. The smallest absolute Gasteiger partial charge is 0.255 e. The number of benzene rings is 2. The van der Waals surface area contributed by atoms with E-state index in [1.54, 1.807) is 12.1 Å². The molecule has 2 rings (SSSR count). The van der Waals surface area contributed by atoms with Crippen molar-refractivity contribution in [2.24, 2.45) is 0 Å². The van der Waals surface area contributed by atoms with Gasteiger partial charge in [0.15, 0.2) is 11.5 Å². The highest BCUT2D eigenvalue weighted by Crippen LogP contribution is 2.36. The van der Waals surface area contributed by atoms with E-state index < -0.39 is 5.82 Å². The Morgan fingerprint density at radius 1 is 1.35 bits per heavy atom. The van der Waals surface area contributed by atoms with E-state index in [4.69, 9.17) is 21.1 Å². The van der Waals surface area contributed by atoms with E-state index in [1.165, 1.54) is 25.3 Å². The van der Waals surface area contributed by atoms with Crippen LogP contribution in [0.25, 0.3) is 0 Å². The summed E-state index contributed by atoms with van der Waals surface area (Å²) < 4.78 is 24.5.